The Morgan fingerprint density at radius 2 is 1.85 bits per heavy atom. The molecule has 0 bridgehead atoms. The maximum atomic E-state index is 3.83. The van der Waals surface area contributed by atoms with Gasteiger partial charge in [0.2, 0.25) is 0 Å². The topological polar surface area (TPSA) is 0 Å². The van der Waals surface area contributed by atoms with E-state index in [4.69, 9.17) is 0 Å². The van der Waals surface area contributed by atoms with E-state index < -0.39 is 0 Å². The summed E-state index contributed by atoms with van der Waals surface area (Å²) in [5.74, 6) is 0.689. The zero-order valence-electron chi connectivity index (χ0n) is 9.27. The summed E-state index contributed by atoms with van der Waals surface area (Å²) in [5.41, 5.74) is 2.81. The highest BCUT2D eigenvalue weighted by Crippen LogP contribution is 2.30. The van der Waals surface area contributed by atoms with E-state index in [9.17, 15) is 0 Å². The second-order valence-electron chi connectivity index (χ2n) is 3.18. The summed E-state index contributed by atoms with van der Waals surface area (Å²) in [4.78, 5) is 0. The van der Waals surface area contributed by atoms with Gasteiger partial charge >= 0.3 is 0 Å². The molecule has 0 saturated heterocycles. The highest BCUT2D eigenvalue weighted by Gasteiger charge is 2.14. The van der Waals surface area contributed by atoms with Crippen molar-refractivity contribution in [3.05, 3.63) is 36.5 Å². The maximum Gasteiger partial charge on any atom is -0.0188 e. The fourth-order valence-electron chi connectivity index (χ4n) is 1.77. The molecule has 1 unspecified atom stereocenters. The van der Waals surface area contributed by atoms with Crippen LogP contribution in [0.2, 0.25) is 0 Å². The highest BCUT2D eigenvalue weighted by molar-refractivity contribution is 5.34. The third kappa shape index (κ3) is 3.22. The van der Waals surface area contributed by atoms with E-state index in [0.29, 0.717) is 5.92 Å². The van der Waals surface area contributed by atoms with Crippen LogP contribution in [0.4, 0.5) is 0 Å². The van der Waals surface area contributed by atoms with Crippen LogP contribution >= 0.6 is 0 Å². The number of hydrogen-bond donors (Lipinski definition) is 0. The lowest BCUT2D eigenvalue weighted by molar-refractivity contribution is 0.552. The second kappa shape index (κ2) is 6.71. The number of rotatable bonds is 2. The number of hydrogen-bond acceptors (Lipinski definition) is 0. The van der Waals surface area contributed by atoms with Gasteiger partial charge in [0.05, 0.1) is 0 Å². The molecule has 0 aliphatic heterocycles. The van der Waals surface area contributed by atoms with Crippen molar-refractivity contribution >= 4 is 0 Å². The summed E-state index contributed by atoms with van der Waals surface area (Å²) in [6.07, 6.45) is 7.77. The molecule has 0 aromatic heterocycles. The van der Waals surface area contributed by atoms with Crippen molar-refractivity contribution in [2.45, 2.75) is 40.0 Å². The third-order valence-electron chi connectivity index (χ3n) is 2.45. The second-order valence-corrected chi connectivity index (χ2v) is 3.18. The minimum Gasteiger partial charge on any atom is -0.0988 e. The molecule has 1 aliphatic rings. The number of allylic oxidation sites excluding steroid dienone is 4. The first-order chi connectivity index (χ1) is 6.29. The first-order valence-electron chi connectivity index (χ1n) is 5.27. The lowest BCUT2D eigenvalue weighted by Crippen LogP contribution is -2.06. The lowest BCUT2D eigenvalue weighted by Gasteiger charge is -2.21. The molecule has 0 radical (unpaired) electrons. The largest absolute Gasteiger partial charge is 0.0988 e. The van der Waals surface area contributed by atoms with Gasteiger partial charge in [-0.05, 0) is 36.3 Å². The molecule has 0 heteroatoms. The molecule has 0 saturated carbocycles. The average Bonchev–Trinajstić information content (AvgIpc) is 2.20. The Labute approximate surface area is 83.0 Å². The van der Waals surface area contributed by atoms with Crippen LogP contribution in [-0.2, 0) is 0 Å². The molecule has 1 rings (SSSR count). The standard InChI is InChI=1S/C11H16.C2H6/c1-4-10-8-6-7-9(3)11(10)5-2;1-2/h4-5,9H,1-2,6-8H2,3H3;1-2H3. The van der Waals surface area contributed by atoms with Gasteiger partial charge in [0.25, 0.3) is 0 Å². The van der Waals surface area contributed by atoms with Gasteiger partial charge in [-0.1, -0.05) is 46.1 Å². The quantitative estimate of drug-likeness (QED) is 0.584. The van der Waals surface area contributed by atoms with Gasteiger partial charge in [-0.15, -0.1) is 0 Å². The highest BCUT2D eigenvalue weighted by atomic mass is 14.2. The Kier molecular flexibility index (Phi) is 6.30. The van der Waals surface area contributed by atoms with Gasteiger partial charge in [0.1, 0.15) is 0 Å². The van der Waals surface area contributed by atoms with E-state index in [0.717, 1.165) is 0 Å². The van der Waals surface area contributed by atoms with Crippen LogP contribution in [0.5, 0.6) is 0 Å². The summed E-state index contributed by atoms with van der Waals surface area (Å²) >= 11 is 0. The summed E-state index contributed by atoms with van der Waals surface area (Å²) in [6.45, 7) is 13.9. The van der Waals surface area contributed by atoms with Crippen molar-refractivity contribution in [1.82, 2.24) is 0 Å². The zero-order valence-corrected chi connectivity index (χ0v) is 9.27. The maximum absolute atomic E-state index is 3.83. The van der Waals surface area contributed by atoms with Gasteiger partial charge in [-0.25, -0.2) is 0 Å². The molecule has 0 heterocycles. The molecule has 13 heavy (non-hydrogen) atoms. The predicted octanol–water partition coefficient (Wildman–Crippen LogP) is 4.50. The Balaban J connectivity index is 0.000000671. The molecule has 0 spiro atoms. The van der Waals surface area contributed by atoms with E-state index in [1.807, 2.05) is 26.0 Å². The molecule has 1 aliphatic carbocycles. The Morgan fingerprint density at radius 3 is 2.23 bits per heavy atom. The van der Waals surface area contributed by atoms with Crippen LogP contribution < -0.4 is 0 Å². The van der Waals surface area contributed by atoms with Crippen LogP contribution in [0.15, 0.2) is 36.5 Å². The van der Waals surface area contributed by atoms with Crippen molar-refractivity contribution in [3.8, 4) is 0 Å². The Hall–Kier alpha value is -0.780. The van der Waals surface area contributed by atoms with Crippen LogP contribution in [0.1, 0.15) is 40.0 Å². The van der Waals surface area contributed by atoms with Crippen molar-refractivity contribution in [2.75, 3.05) is 0 Å². The van der Waals surface area contributed by atoms with Crippen molar-refractivity contribution in [1.29, 1.82) is 0 Å². The molecular weight excluding hydrogens is 156 g/mol. The van der Waals surface area contributed by atoms with Crippen LogP contribution in [0, 0.1) is 5.92 Å². The fraction of sp³-hybridized carbons (Fsp3) is 0.538. The summed E-state index contributed by atoms with van der Waals surface area (Å²) in [6, 6.07) is 0. The smallest absolute Gasteiger partial charge is 0.0188 e. The van der Waals surface area contributed by atoms with Crippen molar-refractivity contribution < 1.29 is 0 Å². The SMILES string of the molecule is C=CC1=C(C=C)C(C)CCC1.CC. The van der Waals surface area contributed by atoms with E-state index in [1.165, 1.54) is 30.4 Å². The van der Waals surface area contributed by atoms with Gasteiger partial charge in [-0.3, -0.25) is 0 Å². The molecule has 0 aromatic rings. The van der Waals surface area contributed by atoms with E-state index in [-0.39, 0.29) is 0 Å². The van der Waals surface area contributed by atoms with Gasteiger partial charge < -0.3 is 0 Å². The normalized spacial score (nSPS) is 21.6. The monoisotopic (exact) mass is 178 g/mol. The first-order valence-corrected chi connectivity index (χ1v) is 5.27. The molecule has 0 N–H and O–H groups in total. The van der Waals surface area contributed by atoms with E-state index in [1.54, 1.807) is 0 Å². The van der Waals surface area contributed by atoms with Crippen LogP contribution in [0.25, 0.3) is 0 Å². The van der Waals surface area contributed by atoms with Crippen LogP contribution in [0.3, 0.4) is 0 Å². The first kappa shape index (κ1) is 12.2. The van der Waals surface area contributed by atoms with E-state index >= 15 is 0 Å². The van der Waals surface area contributed by atoms with Crippen LogP contribution in [-0.4, -0.2) is 0 Å². The summed E-state index contributed by atoms with van der Waals surface area (Å²) in [5, 5.41) is 0. The lowest BCUT2D eigenvalue weighted by atomic mass is 9.84. The molecular formula is C13H22. The van der Waals surface area contributed by atoms with Gasteiger partial charge in [0.15, 0.2) is 0 Å². The van der Waals surface area contributed by atoms with E-state index in [2.05, 4.69) is 20.1 Å². The van der Waals surface area contributed by atoms with Gasteiger partial charge in [-0.2, -0.15) is 0 Å². The minimum atomic E-state index is 0.689. The Morgan fingerprint density at radius 1 is 1.23 bits per heavy atom. The minimum absolute atomic E-state index is 0.689. The fourth-order valence-corrected chi connectivity index (χ4v) is 1.77. The molecule has 1 atom stereocenters. The van der Waals surface area contributed by atoms with Gasteiger partial charge in [0, 0.05) is 0 Å². The molecule has 0 amide bonds. The molecule has 0 aromatic carbocycles. The van der Waals surface area contributed by atoms with Crippen molar-refractivity contribution in [3.63, 3.8) is 0 Å². The summed E-state index contributed by atoms with van der Waals surface area (Å²) in [7, 11) is 0. The average molecular weight is 178 g/mol. The van der Waals surface area contributed by atoms with Crippen molar-refractivity contribution in [2.24, 2.45) is 5.92 Å². The molecule has 74 valence electrons. The predicted molar refractivity (Wildman–Crippen MR) is 61.8 cm³/mol. The molecule has 0 nitrogen and oxygen atoms in total. The zero-order chi connectivity index (χ0) is 10.3. The molecule has 0 fully saturated rings. The third-order valence-corrected chi connectivity index (χ3v) is 2.45. The summed E-state index contributed by atoms with van der Waals surface area (Å²) < 4.78 is 0. The Bertz CT molecular complexity index is 196.